The minimum atomic E-state index is -5.48. The molecule has 1 fully saturated rings. The van der Waals surface area contributed by atoms with Crippen molar-refractivity contribution in [2.75, 3.05) is 6.61 Å². The number of halogens is 5. The first kappa shape index (κ1) is 7.71. The lowest BCUT2D eigenvalue weighted by Crippen LogP contribution is -2.41. The zero-order valence-corrected chi connectivity index (χ0v) is 4.58. The predicted molar refractivity (Wildman–Crippen MR) is 20.7 cm³/mol. The average Bonchev–Trinajstić information content (AvgIpc) is 2.38. The Balaban J connectivity index is 2.66. The molecule has 0 aromatic heterocycles. The van der Waals surface area contributed by atoms with Gasteiger partial charge >= 0.3 is 12.1 Å². The van der Waals surface area contributed by atoms with E-state index in [1.807, 2.05) is 0 Å². The largest absolute Gasteiger partial charge is 0.456 e. The average molecular weight is 162 g/mol. The van der Waals surface area contributed by atoms with Crippen LogP contribution in [0.15, 0.2) is 0 Å². The zero-order valence-electron chi connectivity index (χ0n) is 4.58. The van der Waals surface area contributed by atoms with Gasteiger partial charge in [0.2, 0.25) is 0 Å². The van der Waals surface area contributed by atoms with Gasteiger partial charge in [-0.25, -0.2) is 0 Å². The maximum Gasteiger partial charge on any atom is 0.456 e. The van der Waals surface area contributed by atoms with Crippen molar-refractivity contribution in [3.8, 4) is 0 Å². The number of hydrogen-bond acceptors (Lipinski definition) is 1. The van der Waals surface area contributed by atoms with Gasteiger partial charge in [-0.1, -0.05) is 0 Å². The lowest BCUT2D eigenvalue weighted by Gasteiger charge is -2.16. The van der Waals surface area contributed by atoms with Crippen molar-refractivity contribution in [1.82, 2.24) is 0 Å². The van der Waals surface area contributed by atoms with Gasteiger partial charge in [0.05, 0.1) is 6.61 Å². The monoisotopic (exact) mass is 162 g/mol. The Hall–Kier alpha value is -0.390. The van der Waals surface area contributed by atoms with E-state index in [1.54, 1.807) is 0 Å². The molecule has 0 unspecified atom stereocenters. The second kappa shape index (κ2) is 1.81. The third-order valence-electron chi connectivity index (χ3n) is 1.12. The molecule has 0 bridgehead atoms. The lowest BCUT2D eigenvalue weighted by molar-refractivity contribution is -0.288. The van der Waals surface area contributed by atoms with E-state index < -0.39 is 24.8 Å². The summed E-state index contributed by atoms with van der Waals surface area (Å²) < 4.78 is 61.4. The first-order valence-electron chi connectivity index (χ1n) is 2.42. The highest BCUT2D eigenvalue weighted by atomic mass is 19.4. The third kappa shape index (κ3) is 1.07. The van der Waals surface area contributed by atoms with Gasteiger partial charge in [-0.15, -0.1) is 0 Å². The Morgan fingerprint density at radius 1 is 1.10 bits per heavy atom. The van der Waals surface area contributed by atoms with Crippen LogP contribution in [0, 0.1) is 0 Å². The van der Waals surface area contributed by atoms with Crippen LogP contribution in [-0.2, 0) is 4.74 Å². The topological polar surface area (TPSA) is 12.5 Å². The van der Waals surface area contributed by atoms with Gasteiger partial charge in [0, 0.05) is 0 Å². The molecule has 1 rings (SSSR count). The summed E-state index contributed by atoms with van der Waals surface area (Å²) in [7, 11) is 0. The molecule has 1 aliphatic heterocycles. The van der Waals surface area contributed by atoms with Gasteiger partial charge in [0.25, 0.3) is 0 Å². The summed E-state index contributed by atoms with van der Waals surface area (Å²) in [6.45, 7) is -0.507. The summed E-state index contributed by atoms with van der Waals surface area (Å²) in [6, 6.07) is 0. The molecule has 0 saturated carbocycles. The van der Waals surface area contributed by atoms with E-state index in [1.165, 1.54) is 0 Å². The summed E-state index contributed by atoms with van der Waals surface area (Å²) in [5.74, 6) is -4.67. The smallest absolute Gasteiger partial charge is 0.366 e. The van der Waals surface area contributed by atoms with E-state index in [9.17, 15) is 22.0 Å². The molecule has 0 radical (unpaired) electrons. The molecule has 0 amide bonds. The Labute approximate surface area is 52.8 Å². The highest BCUT2D eigenvalue weighted by molar-refractivity contribution is 4.91. The van der Waals surface area contributed by atoms with Crippen molar-refractivity contribution in [3.05, 3.63) is 0 Å². The van der Waals surface area contributed by atoms with Crippen molar-refractivity contribution in [1.29, 1.82) is 0 Å². The number of rotatable bonds is 1. The minimum absolute atomic E-state index is 0.507. The van der Waals surface area contributed by atoms with Crippen molar-refractivity contribution in [3.63, 3.8) is 0 Å². The van der Waals surface area contributed by atoms with E-state index >= 15 is 0 Å². The highest BCUT2D eigenvalue weighted by Gasteiger charge is 2.67. The van der Waals surface area contributed by atoms with Crippen molar-refractivity contribution in [2.24, 2.45) is 0 Å². The van der Waals surface area contributed by atoms with E-state index in [0.29, 0.717) is 0 Å². The zero-order chi connectivity index (χ0) is 7.99. The van der Waals surface area contributed by atoms with Crippen LogP contribution in [0.4, 0.5) is 22.0 Å². The van der Waals surface area contributed by atoms with Gasteiger partial charge in [-0.05, 0) is 0 Å². The minimum Gasteiger partial charge on any atom is -0.366 e. The molecule has 1 aliphatic rings. The van der Waals surface area contributed by atoms with Crippen LogP contribution in [0.3, 0.4) is 0 Å². The quantitative estimate of drug-likeness (QED) is 0.421. The third-order valence-corrected chi connectivity index (χ3v) is 1.12. The molecule has 0 spiro atoms. The fraction of sp³-hybridized carbons (Fsp3) is 1.00. The normalized spacial score (nSPS) is 26.7. The fourth-order valence-electron chi connectivity index (χ4n) is 0.440. The van der Waals surface area contributed by atoms with Crippen molar-refractivity contribution < 1.29 is 26.7 Å². The van der Waals surface area contributed by atoms with Gasteiger partial charge in [-0.3, -0.25) is 0 Å². The van der Waals surface area contributed by atoms with Gasteiger partial charge in [0.15, 0.2) is 6.10 Å². The Morgan fingerprint density at radius 2 is 1.50 bits per heavy atom. The predicted octanol–water partition coefficient (Wildman–Crippen LogP) is 1.58. The molecule has 10 heavy (non-hydrogen) atoms. The van der Waals surface area contributed by atoms with E-state index in [0.717, 1.165) is 0 Å². The highest BCUT2D eigenvalue weighted by Crippen LogP contribution is 2.43. The summed E-state index contributed by atoms with van der Waals surface area (Å²) in [6.07, 6.45) is -7.43. The first-order chi connectivity index (χ1) is 4.36. The number of alkyl halides is 5. The van der Waals surface area contributed by atoms with Gasteiger partial charge in [-0.2, -0.15) is 22.0 Å². The summed E-state index contributed by atoms with van der Waals surface area (Å²) >= 11 is 0. The maximum atomic E-state index is 11.9. The van der Waals surface area contributed by atoms with Gasteiger partial charge in [0.1, 0.15) is 0 Å². The lowest BCUT2D eigenvalue weighted by atomic mass is 10.2. The van der Waals surface area contributed by atoms with Crippen molar-refractivity contribution >= 4 is 0 Å². The van der Waals surface area contributed by atoms with E-state index in [2.05, 4.69) is 4.74 Å². The first-order valence-corrected chi connectivity index (χ1v) is 2.42. The summed E-state index contributed by atoms with van der Waals surface area (Å²) in [5.41, 5.74) is 0. The Kier molecular flexibility index (Phi) is 1.39. The van der Waals surface area contributed by atoms with Crippen LogP contribution in [0.1, 0.15) is 0 Å². The number of hydrogen-bond donors (Lipinski definition) is 0. The molecule has 0 aliphatic carbocycles. The Morgan fingerprint density at radius 3 is 1.60 bits per heavy atom. The number of ether oxygens (including phenoxy) is 1. The van der Waals surface area contributed by atoms with E-state index in [-0.39, 0.29) is 0 Å². The molecular formula is C4H3F5O. The molecule has 1 heterocycles. The van der Waals surface area contributed by atoms with Crippen LogP contribution >= 0.6 is 0 Å². The fourth-order valence-corrected chi connectivity index (χ4v) is 0.440. The second-order valence-electron chi connectivity index (χ2n) is 1.94. The molecule has 60 valence electrons. The van der Waals surface area contributed by atoms with E-state index in [4.69, 9.17) is 0 Å². The van der Waals surface area contributed by atoms with Crippen LogP contribution in [0.5, 0.6) is 0 Å². The molecule has 1 saturated heterocycles. The molecule has 0 aromatic rings. The van der Waals surface area contributed by atoms with Gasteiger partial charge < -0.3 is 4.74 Å². The Bertz CT molecular complexity index is 135. The summed E-state index contributed by atoms with van der Waals surface area (Å²) in [4.78, 5) is 0. The molecule has 1 nitrogen and oxygen atoms in total. The molecule has 1 atom stereocenters. The molecule has 0 aromatic carbocycles. The molecular weight excluding hydrogens is 159 g/mol. The molecule has 6 heteroatoms. The van der Waals surface area contributed by atoms with Crippen LogP contribution < -0.4 is 0 Å². The summed E-state index contributed by atoms with van der Waals surface area (Å²) in [5, 5.41) is 0. The van der Waals surface area contributed by atoms with Crippen LogP contribution in [-0.4, -0.2) is 24.8 Å². The number of epoxide rings is 1. The second-order valence-corrected chi connectivity index (χ2v) is 1.94. The SMILES string of the molecule is FC(F)(F)C(F)(F)[C@@H]1CO1. The van der Waals surface area contributed by atoms with Crippen molar-refractivity contribution in [2.45, 2.75) is 18.2 Å². The van der Waals surface area contributed by atoms with Crippen LogP contribution in [0.2, 0.25) is 0 Å². The van der Waals surface area contributed by atoms with Crippen LogP contribution in [0.25, 0.3) is 0 Å². The molecule has 0 N–H and O–H groups in total. The standard InChI is InChI=1S/C4H3F5O/c5-3(6,2-1-10-2)4(7,8)9/h2H,1H2/t2-/m0/s1. The maximum absolute atomic E-state index is 11.9.